The highest BCUT2D eigenvalue weighted by atomic mass is 32.1. The maximum Gasteiger partial charge on any atom is 0.153 e. The summed E-state index contributed by atoms with van der Waals surface area (Å²) in [7, 11) is 0. The van der Waals surface area contributed by atoms with Crippen LogP contribution in [-0.2, 0) is 5.41 Å². The molecule has 0 fully saturated rings. The Morgan fingerprint density at radius 2 is 1.71 bits per heavy atom. The van der Waals surface area contributed by atoms with Crippen molar-refractivity contribution in [2.45, 2.75) is 33.1 Å². The summed E-state index contributed by atoms with van der Waals surface area (Å²) >= 11 is 1.79. The van der Waals surface area contributed by atoms with E-state index in [1.54, 1.807) is 11.3 Å². The molecule has 3 heterocycles. The quantitative estimate of drug-likeness (QED) is 0.265. The molecule has 3 aromatic carbocycles. The fourth-order valence-electron chi connectivity index (χ4n) is 4.69. The number of hydrogen-bond acceptors (Lipinski definition) is 3. The predicted octanol–water partition coefficient (Wildman–Crippen LogP) is 8.62. The summed E-state index contributed by atoms with van der Waals surface area (Å²) in [4.78, 5) is 6.16. The van der Waals surface area contributed by atoms with Gasteiger partial charge in [0.15, 0.2) is 5.58 Å². The SMILES string of the molecule is Cc1cc2ccc3c(oc4ccnc(-c5cc(C(C)(C)C)c6ccccc6c5)c43)c2s1. The Labute approximate surface area is 185 Å². The molecule has 0 amide bonds. The predicted molar refractivity (Wildman–Crippen MR) is 133 cm³/mol. The monoisotopic (exact) mass is 421 g/mol. The minimum Gasteiger partial charge on any atom is -0.454 e. The second kappa shape index (κ2) is 6.41. The third-order valence-corrected chi connectivity index (χ3v) is 7.17. The van der Waals surface area contributed by atoms with E-state index in [0.717, 1.165) is 33.2 Å². The lowest BCUT2D eigenvalue weighted by atomic mass is 9.82. The number of thiophene rings is 1. The van der Waals surface area contributed by atoms with E-state index in [0.29, 0.717) is 0 Å². The first kappa shape index (κ1) is 18.6. The Morgan fingerprint density at radius 3 is 2.55 bits per heavy atom. The van der Waals surface area contributed by atoms with Gasteiger partial charge in [0.05, 0.1) is 15.8 Å². The molecule has 0 aliphatic carbocycles. The van der Waals surface area contributed by atoms with Gasteiger partial charge in [-0.15, -0.1) is 11.3 Å². The standard InChI is InChI=1S/C28H23NOS/c1-16-13-18-9-10-21-24-23(30-26(21)27(18)31-16)11-12-29-25(24)19-14-17-7-5-6-8-20(17)22(15-19)28(2,3)4/h5-15H,1-4H3. The Bertz CT molecular complexity index is 1630. The number of aryl methyl sites for hydroxylation is 1. The van der Waals surface area contributed by atoms with E-state index in [1.165, 1.54) is 31.3 Å². The lowest BCUT2D eigenvalue weighted by molar-refractivity contribution is 0.596. The van der Waals surface area contributed by atoms with Crippen molar-refractivity contribution in [3.63, 3.8) is 0 Å². The van der Waals surface area contributed by atoms with Gasteiger partial charge in [0.25, 0.3) is 0 Å². The molecule has 3 aromatic heterocycles. The summed E-state index contributed by atoms with van der Waals surface area (Å²) in [6.07, 6.45) is 1.86. The fourth-order valence-corrected chi connectivity index (χ4v) is 5.69. The highest BCUT2D eigenvalue weighted by molar-refractivity contribution is 7.19. The Hall–Kier alpha value is -3.17. The number of benzene rings is 3. The summed E-state index contributed by atoms with van der Waals surface area (Å²) in [5.74, 6) is 0. The first-order valence-electron chi connectivity index (χ1n) is 10.6. The third kappa shape index (κ3) is 2.80. The first-order chi connectivity index (χ1) is 14.9. The molecule has 0 atom stereocenters. The second-order valence-electron chi connectivity index (χ2n) is 9.35. The van der Waals surface area contributed by atoms with E-state index in [-0.39, 0.29) is 5.41 Å². The van der Waals surface area contributed by atoms with E-state index in [1.807, 2.05) is 12.3 Å². The number of rotatable bonds is 1. The van der Waals surface area contributed by atoms with Crippen LogP contribution in [0.4, 0.5) is 0 Å². The average molecular weight is 422 g/mol. The molecule has 0 unspecified atom stereocenters. The topological polar surface area (TPSA) is 26.0 Å². The lowest BCUT2D eigenvalue weighted by Gasteiger charge is -2.22. The van der Waals surface area contributed by atoms with E-state index < -0.39 is 0 Å². The zero-order valence-corrected chi connectivity index (χ0v) is 18.9. The molecule has 0 aliphatic heterocycles. The van der Waals surface area contributed by atoms with Gasteiger partial charge in [0.1, 0.15) is 5.58 Å². The van der Waals surface area contributed by atoms with Crippen LogP contribution in [0.15, 0.2) is 71.3 Å². The van der Waals surface area contributed by atoms with Crippen molar-refractivity contribution in [1.29, 1.82) is 0 Å². The van der Waals surface area contributed by atoms with Gasteiger partial charge in [-0.2, -0.15) is 0 Å². The molecular weight excluding hydrogens is 398 g/mol. The van der Waals surface area contributed by atoms with Crippen molar-refractivity contribution >= 4 is 54.1 Å². The molecule has 0 spiro atoms. The van der Waals surface area contributed by atoms with Gasteiger partial charge >= 0.3 is 0 Å². The summed E-state index contributed by atoms with van der Waals surface area (Å²) in [5, 5.41) is 6.02. The van der Waals surface area contributed by atoms with Crippen molar-refractivity contribution < 1.29 is 4.42 Å². The molecule has 3 heteroatoms. The molecule has 0 saturated heterocycles. The maximum absolute atomic E-state index is 6.40. The van der Waals surface area contributed by atoms with Crippen LogP contribution >= 0.6 is 11.3 Å². The molecule has 0 N–H and O–H groups in total. The number of hydrogen-bond donors (Lipinski definition) is 0. The Morgan fingerprint density at radius 1 is 0.871 bits per heavy atom. The highest BCUT2D eigenvalue weighted by Gasteiger charge is 2.21. The van der Waals surface area contributed by atoms with Crippen LogP contribution in [0.3, 0.4) is 0 Å². The van der Waals surface area contributed by atoms with Crippen LogP contribution in [0, 0.1) is 6.92 Å². The molecule has 152 valence electrons. The number of nitrogens with zero attached hydrogens (tertiary/aromatic N) is 1. The summed E-state index contributed by atoms with van der Waals surface area (Å²) in [5.41, 5.74) is 5.35. The molecule has 0 radical (unpaired) electrons. The van der Waals surface area contributed by atoms with Crippen LogP contribution in [0.5, 0.6) is 0 Å². The van der Waals surface area contributed by atoms with Crippen LogP contribution in [-0.4, -0.2) is 4.98 Å². The van der Waals surface area contributed by atoms with Crippen LogP contribution < -0.4 is 0 Å². The van der Waals surface area contributed by atoms with Gasteiger partial charge in [-0.1, -0.05) is 51.1 Å². The zero-order valence-electron chi connectivity index (χ0n) is 18.1. The molecule has 0 aliphatic rings. The molecule has 31 heavy (non-hydrogen) atoms. The van der Waals surface area contributed by atoms with Crippen molar-refractivity contribution in [1.82, 2.24) is 4.98 Å². The van der Waals surface area contributed by atoms with Gasteiger partial charge in [-0.05, 0) is 64.4 Å². The van der Waals surface area contributed by atoms with E-state index in [4.69, 9.17) is 9.40 Å². The molecule has 6 rings (SSSR count). The Kier molecular flexibility index (Phi) is 3.85. The normalized spacial score (nSPS) is 12.5. The summed E-state index contributed by atoms with van der Waals surface area (Å²) in [6.45, 7) is 8.97. The molecule has 6 aromatic rings. The van der Waals surface area contributed by atoms with Gasteiger partial charge in [0, 0.05) is 22.0 Å². The van der Waals surface area contributed by atoms with Gasteiger partial charge < -0.3 is 4.42 Å². The van der Waals surface area contributed by atoms with Gasteiger partial charge in [0.2, 0.25) is 0 Å². The molecule has 0 bridgehead atoms. The summed E-state index contributed by atoms with van der Waals surface area (Å²) in [6, 6.07) is 21.8. The third-order valence-electron chi connectivity index (χ3n) is 6.10. The minimum absolute atomic E-state index is 0.0304. The van der Waals surface area contributed by atoms with Crippen LogP contribution in [0.2, 0.25) is 0 Å². The van der Waals surface area contributed by atoms with Gasteiger partial charge in [-0.25, -0.2) is 0 Å². The minimum atomic E-state index is 0.0304. The fraction of sp³-hybridized carbons (Fsp3) is 0.179. The highest BCUT2D eigenvalue weighted by Crippen LogP contribution is 2.42. The van der Waals surface area contributed by atoms with Crippen LogP contribution in [0.1, 0.15) is 31.2 Å². The number of fused-ring (bicyclic) bond motifs is 6. The molecular formula is C28H23NOS. The lowest BCUT2D eigenvalue weighted by Crippen LogP contribution is -2.12. The first-order valence-corrected chi connectivity index (χ1v) is 11.5. The van der Waals surface area contributed by atoms with Crippen molar-refractivity contribution in [3.8, 4) is 11.3 Å². The van der Waals surface area contributed by atoms with Crippen molar-refractivity contribution in [2.75, 3.05) is 0 Å². The molecule has 0 saturated carbocycles. The van der Waals surface area contributed by atoms with Crippen molar-refractivity contribution in [3.05, 3.63) is 77.3 Å². The van der Waals surface area contributed by atoms with Crippen molar-refractivity contribution in [2.24, 2.45) is 0 Å². The summed E-state index contributed by atoms with van der Waals surface area (Å²) < 4.78 is 7.61. The number of furan rings is 1. The average Bonchev–Trinajstić information content (AvgIpc) is 3.31. The van der Waals surface area contributed by atoms with Crippen LogP contribution in [0.25, 0.3) is 54.1 Å². The Balaban J connectivity index is 1.72. The number of aromatic nitrogens is 1. The van der Waals surface area contributed by atoms with E-state index in [2.05, 4.69) is 82.3 Å². The largest absolute Gasteiger partial charge is 0.454 e. The zero-order chi connectivity index (χ0) is 21.3. The molecule has 2 nitrogen and oxygen atoms in total. The smallest absolute Gasteiger partial charge is 0.153 e. The maximum atomic E-state index is 6.40. The number of pyridine rings is 1. The van der Waals surface area contributed by atoms with Gasteiger partial charge in [-0.3, -0.25) is 4.98 Å². The van der Waals surface area contributed by atoms with E-state index in [9.17, 15) is 0 Å². The second-order valence-corrected chi connectivity index (χ2v) is 10.6. The van der Waals surface area contributed by atoms with E-state index >= 15 is 0 Å².